The monoisotopic (exact) mass is 299 g/mol. The second kappa shape index (κ2) is 5.33. The van der Waals surface area contributed by atoms with Crippen molar-refractivity contribution in [1.29, 1.82) is 0 Å². The number of nitrogens with zero attached hydrogens (tertiary/aromatic N) is 1. The number of rotatable bonds is 6. The highest BCUT2D eigenvalue weighted by atomic mass is 32.2. The van der Waals surface area contributed by atoms with Gasteiger partial charge in [-0.1, -0.05) is 5.92 Å². The molecule has 0 aliphatic heterocycles. The summed E-state index contributed by atoms with van der Waals surface area (Å²) in [6.07, 6.45) is 7.24. The maximum Gasteiger partial charge on any atom is 0.345 e. The van der Waals surface area contributed by atoms with E-state index in [4.69, 9.17) is 11.5 Å². The van der Waals surface area contributed by atoms with Crippen molar-refractivity contribution in [3.8, 4) is 12.3 Å². The molecule has 1 aromatic rings. The minimum absolute atomic E-state index is 0.00524. The van der Waals surface area contributed by atoms with E-state index in [9.17, 15) is 13.2 Å². The number of sulfonamides is 1. The van der Waals surface area contributed by atoms with Gasteiger partial charge in [0.15, 0.2) is 0 Å². The zero-order chi connectivity index (χ0) is 14.0. The quantitative estimate of drug-likeness (QED) is 0.807. The molecule has 0 saturated heterocycles. The van der Waals surface area contributed by atoms with Crippen LogP contribution in [0, 0.1) is 18.3 Å². The second-order valence-electron chi connectivity index (χ2n) is 4.37. The standard InChI is InChI=1S/C12H13NO4S2/c1-2-7-13(8-9-3-4-9)19(16,17)11-6-5-10(18-11)12(14)15/h1,5-6,9H,3-4,7-8H2,(H,14,15). The summed E-state index contributed by atoms with van der Waals surface area (Å²) >= 11 is 0.752. The Morgan fingerprint density at radius 1 is 1.53 bits per heavy atom. The molecular weight excluding hydrogens is 286 g/mol. The van der Waals surface area contributed by atoms with Crippen molar-refractivity contribution in [2.75, 3.05) is 13.1 Å². The van der Waals surface area contributed by atoms with Crippen LogP contribution in [0.1, 0.15) is 22.5 Å². The lowest BCUT2D eigenvalue weighted by atomic mass is 10.4. The van der Waals surface area contributed by atoms with Crippen LogP contribution in [0.5, 0.6) is 0 Å². The van der Waals surface area contributed by atoms with E-state index < -0.39 is 16.0 Å². The number of carboxylic acids is 1. The van der Waals surface area contributed by atoms with Crippen LogP contribution in [0.15, 0.2) is 16.3 Å². The molecule has 2 rings (SSSR count). The number of terminal acetylenes is 1. The molecule has 0 atom stereocenters. The van der Waals surface area contributed by atoms with Gasteiger partial charge in [0.25, 0.3) is 10.0 Å². The Kier molecular flexibility index (Phi) is 3.94. The number of hydrogen-bond donors (Lipinski definition) is 1. The Morgan fingerprint density at radius 2 is 2.21 bits per heavy atom. The molecule has 0 aromatic carbocycles. The molecule has 0 radical (unpaired) electrons. The number of thiophene rings is 1. The van der Waals surface area contributed by atoms with E-state index in [2.05, 4.69) is 5.92 Å². The highest BCUT2D eigenvalue weighted by Gasteiger charge is 2.32. The molecule has 1 aliphatic rings. The second-order valence-corrected chi connectivity index (χ2v) is 7.62. The van der Waals surface area contributed by atoms with Crippen molar-refractivity contribution in [2.24, 2.45) is 5.92 Å². The topological polar surface area (TPSA) is 74.7 Å². The number of carbonyl (C=O) groups is 1. The highest BCUT2D eigenvalue weighted by molar-refractivity contribution is 7.91. The maximum absolute atomic E-state index is 12.4. The summed E-state index contributed by atoms with van der Waals surface area (Å²) < 4.78 is 26.0. The molecule has 1 saturated carbocycles. The summed E-state index contributed by atoms with van der Waals surface area (Å²) in [5.41, 5.74) is 0. The van der Waals surface area contributed by atoms with Crippen LogP contribution >= 0.6 is 11.3 Å². The molecule has 102 valence electrons. The van der Waals surface area contributed by atoms with E-state index in [1.54, 1.807) is 0 Å². The van der Waals surface area contributed by atoms with Gasteiger partial charge in [0, 0.05) is 6.54 Å². The van der Waals surface area contributed by atoms with Crippen molar-refractivity contribution < 1.29 is 18.3 Å². The van der Waals surface area contributed by atoms with Crippen LogP contribution in [0.3, 0.4) is 0 Å². The number of aromatic carboxylic acids is 1. The van der Waals surface area contributed by atoms with Gasteiger partial charge in [0.1, 0.15) is 9.09 Å². The van der Waals surface area contributed by atoms with Gasteiger partial charge in [-0.25, -0.2) is 13.2 Å². The predicted molar refractivity (Wildman–Crippen MR) is 71.6 cm³/mol. The third-order valence-corrected chi connectivity index (χ3v) is 6.16. The van der Waals surface area contributed by atoms with Crippen LogP contribution < -0.4 is 0 Å². The number of carboxylic acid groups (broad SMARTS) is 1. The van der Waals surface area contributed by atoms with Crippen LogP contribution in [0.25, 0.3) is 0 Å². The average Bonchev–Trinajstić information content (AvgIpc) is 3.01. The first-order chi connectivity index (χ1) is 8.95. The Balaban J connectivity index is 2.26. The molecule has 1 aromatic heterocycles. The lowest BCUT2D eigenvalue weighted by Crippen LogP contribution is -2.32. The Hall–Kier alpha value is -1.36. The van der Waals surface area contributed by atoms with Gasteiger partial charge in [-0.2, -0.15) is 4.31 Å². The molecule has 1 N–H and O–H groups in total. The van der Waals surface area contributed by atoms with Crippen molar-refractivity contribution in [3.63, 3.8) is 0 Å². The summed E-state index contributed by atoms with van der Waals surface area (Å²) in [6.45, 7) is 0.423. The largest absolute Gasteiger partial charge is 0.477 e. The molecule has 1 aliphatic carbocycles. The SMILES string of the molecule is C#CCN(CC1CC1)S(=O)(=O)c1ccc(C(=O)O)s1. The molecule has 19 heavy (non-hydrogen) atoms. The fourth-order valence-electron chi connectivity index (χ4n) is 1.64. The molecular formula is C12H13NO4S2. The van der Waals surface area contributed by atoms with E-state index in [1.807, 2.05) is 0 Å². The zero-order valence-electron chi connectivity index (χ0n) is 10.1. The highest BCUT2D eigenvalue weighted by Crippen LogP contribution is 2.32. The van der Waals surface area contributed by atoms with E-state index in [0.717, 1.165) is 24.2 Å². The zero-order valence-corrected chi connectivity index (χ0v) is 11.7. The van der Waals surface area contributed by atoms with Gasteiger partial charge >= 0.3 is 5.97 Å². The van der Waals surface area contributed by atoms with E-state index >= 15 is 0 Å². The summed E-state index contributed by atoms with van der Waals surface area (Å²) in [5, 5.41) is 8.83. The van der Waals surface area contributed by atoms with E-state index in [0.29, 0.717) is 12.5 Å². The number of hydrogen-bond acceptors (Lipinski definition) is 4. The minimum atomic E-state index is -3.68. The van der Waals surface area contributed by atoms with E-state index in [1.165, 1.54) is 16.4 Å². The smallest absolute Gasteiger partial charge is 0.345 e. The first-order valence-electron chi connectivity index (χ1n) is 5.72. The van der Waals surface area contributed by atoms with Crippen LogP contribution in [-0.4, -0.2) is 36.9 Å². The normalized spacial score (nSPS) is 15.4. The summed E-state index contributed by atoms with van der Waals surface area (Å²) in [6, 6.07) is 2.62. The molecule has 0 bridgehead atoms. The molecule has 5 nitrogen and oxygen atoms in total. The first kappa shape index (κ1) is 14.1. The van der Waals surface area contributed by atoms with Gasteiger partial charge in [0.05, 0.1) is 6.54 Å². The van der Waals surface area contributed by atoms with Crippen LogP contribution in [0.4, 0.5) is 0 Å². The summed E-state index contributed by atoms with van der Waals surface area (Å²) in [7, 11) is -3.68. The van der Waals surface area contributed by atoms with E-state index in [-0.39, 0.29) is 15.6 Å². The Morgan fingerprint density at radius 3 is 2.68 bits per heavy atom. The lowest BCUT2D eigenvalue weighted by Gasteiger charge is -2.18. The van der Waals surface area contributed by atoms with Gasteiger partial charge in [-0.05, 0) is 30.9 Å². The average molecular weight is 299 g/mol. The third kappa shape index (κ3) is 3.15. The molecule has 1 fully saturated rings. The minimum Gasteiger partial charge on any atom is -0.477 e. The predicted octanol–water partition coefficient (Wildman–Crippen LogP) is 1.48. The molecule has 1 heterocycles. The fourth-order valence-corrected chi connectivity index (χ4v) is 4.37. The molecule has 0 unspecified atom stereocenters. The van der Waals surface area contributed by atoms with Crippen molar-refractivity contribution in [3.05, 3.63) is 17.0 Å². The van der Waals surface area contributed by atoms with Crippen LogP contribution in [-0.2, 0) is 10.0 Å². The van der Waals surface area contributed by atoms with Crippen LogP contribution in [0.2, 0.25) is 0 Å². The molecule has 7 heteroatoms. The Labute approximate surface area is 115 Å². The summed E-state index contributed by atoms with van der Waals surface area (Å²) in [5.74, 6) is 1.59. The van der Waals surface area contributed by atoms with Crippen molar-refractivity contribution >= 4 is 27.3 Å². The fraction of sp³-hybridized carbons (Fsp3) is 0.417. The van der Waals surface area contributed by atoms with Gasteiger partial charge in [-0.3, -0.25) is 0 Å². The first-order valence-corrected chi connectivity index (χ1v) is 7.97. The maximum atomic E-state index is 12.4. The van der Waals surface area contributed by atoms with Gasteiger partial charge in [-0.15, -0.1) is 17.8 Å². The lowest BCUT2D eigenvalue weighted by molar-refractivity contribution is 0.0702. The Bertz CT molecular complexity index is 622. The summed E-state index contributed by atoms with van der Waals surface area (Å²) in [4.78, 5) is 10.8. The van der Waals surface area contributed by atoms with Crippen molar-refractivity contribution in [2.45, 2.75) is 17.1 Å². The third-order valence-electron chi connectivity index (χ3n) is 2.81. The van der Waals surface area contributed by atoms with Gasteiger partial charge < -0.3 is 5.11 Å². The van der Waals surface area contributed by atoms with Gasteiger partial charge in [0.2, 0.25) is 0 Å². The molecule has 0 spiro atoms. The van der Waals surface area contributed by atoms with Crippen molar-refractivity contribution in [1.82, 2.24) is 4.31 Å². The molecule has 0 amide bonds.